The molecule has 0 bridgehead atoms. The van der Waals surface area contributed by atoms with Crippen LogP contribution in [0.2, 0.25) is 0 Å². The van der Waals surface area contributed by atoms with E-state index in [0.717, 1.165) is 30.2 Å². The third-order valence-electron chi connectivity index (χ3n) is 3.65. The van der Waals surface area contributed by atoms with E-state index in [1.807, 2.05) is 23.2 Å². The van der Waals surface area contributed by atoms with Crippen LogP contribution in [0.4, 0.5) is 5.82 Å². The van der Waals surface area contributed by atoms with Gasteiger partial charge in [-0.1, -0.05) is 13.0 Å². The van der Waals surface area contributed by atoms with Crippen molar-refractivity contribution >= 4 is 27.4 Å². The summed E-state index contributed by atoms with van der Waals surface area (Å²) in [5, 5.41) is 2.87. The first-order valence-corrected chi connectivity index (χ1v) is 10.3. The summed E-state index contributed by atoms with van der Waals surface area (Å²) in [5.74, 6) is 2.29. The summed E-state index contributed by atoms with van der Waals surface area (Å²) in [7, 11) is -3.11. The molecule has 0 spiro atoms. The van der Waals surface area contributed by atoms with Crippen LogP contribution in [0.5, 0.6) is 0 Å². The topological polar surface area (TPSA) is 62.3 Å². The second-order valence-electron chi connectivity index (χ2n) is 5.28. The molecule has 21 heavy (non-hydrogen) atoms. The summed E-state index contributed by atoms with van der Waals surface area (Å²) in [4.78, 5) is 6.39. The largest absolute Gasteiger partial charge is 0.338 e. The average molecular weight is 329 g/mol. The Morgan fingerprint density at radius 2 is 2.29 bits per heavy atom. The van der Waals surface area contributed by atoms with E-state index in [1.165, 1.54) is 6.26 Å². The van der Waals surface area contributed by atoms with Crippen LogP contribution in [0, 0.1) is 0 Å². The van der Waals surface area contributed by atoms with E-state index < -0.39 is 15.2 Å². The Labute approximate surface area is 131 Å². The van der Waals surface area contributed by atoms with Gasteiger partial charge in [0.25, 0.3) is 0 Å². The van der Waals surface area contributed by atoms with Gasteiger partial charge in [0.15, 0.2) is 9.84 Å². The molecule has 2 rings (SSSR count). The van der Waals surface area contributed by atoms with Gasteiger partial charge in [-0.3, -0.25) is 0 Å². The number of nitrogens with one attached hydrogen (secondary N) is 1. The van der Waals surface area contributed by atoms with Gasteiger partial charge in [0.05, 0.1) is 0 Å². The normalized spacial score (nSPS) is 21.3. The molecule has 0 aromatic carbocycles. The number of hydrogen-bond acceptors (Lipinski definition) is 6. The zero-order valence-corrected chi connectivity index (χ0v) is 14.4. The predicted molar refractivity (Wildman–Crippen MR) is 89.6 cm³/mol. The molecule has 118 valence electrons. The molecular weight excluding hydrogens is 306 g/mol. The number of anilines is 1. The molecular formula is C14H23N3O2S2. The van der Waals surface area contributed by atoms with E-state index in [4.69, 9.17) is 0 Å². The van der Waals surface area contributed by atoms with Crippen molar-refractivity contribution in [2.24, 2.45) is 0 Å². The molecule has 7 heteroatoms. The minimum Gasteiger partial charge on any atom is -0.338 e. The molecule has 1 aromatic heterocycles. The minimum absolute atomic E-state index is 0.249. The maximum atomic E-state index is 11.9. The lowest BCUT2D eigenvalue weighted by Crippen LogP contribution is -2.47. The van der Waals surface area contributed by atoms with Gasteiger partial charge in [-0.05, 0) is 25.1 Å². The molecule has 1 aliphatic rings. The first-order valence-electron chi connectivity index (χ1n) is 7.16. The first-order chi connectivity index (χ1) is 9.93. The average Bonchev–Trinajstić information content (AvgIpc) is 2.47. The maximum Gasteiger partial charge on any atom is 0.169 e. The van der Waals surface area contributed by atoms with Gasteiger partial charge >= 0.3 is 0 Å². The fourth-order valence-corrected chi connectivity index (χ4v) is 5.27. The molecule has 2 atom stereocenters. The highest BCUT2D eigenvalue weighted by molar-refractivity contribution is 8.01. The Bertz CT molecular complexity index is 560. The second-order valence-corrected chi connectivity index (χ2v) is 8.63. The Hall–Kier alpha value is -0.790. The van der Waals surface area contributed by atoms with Crippen LogP contribution in [-0.4, -0.2) is 49.6 Å². The predicted octanol–water partition coefficient (Wildman–Crippen LogP) is 1.68. The highest BCUT2D eigenvalue weighted by Crippen LogP contribution is 2.26. The summed E-state index contributed by atoms with van der Waals surface area (Å²) in [5.41, 5.74) is 1.11. The van der Waals surface area contributed by atoms with Crippen molar-refractivity contribution in [3.63, 3.8) is 0 Å². The molecule has 0 aliphatic carbocycles. The SMILES string of the molecule is CCNC(C)c1ccc(N2CCSCC2S(C)(=O)=O)nc1. The Morgan fingerprint density at radius 1 is 1.52 bits per heavy atom. The molecule has 1 fully saturated rings. The molecule has 1 saturated heterocycles. The van der Waals surface area contributed by atoms with Gasteiger partial charge in [-0.25, -0.2) is 13.4 Å². The highest BCUT2D eigenvalue weighted by atomic mass is 32.2. The van der Waals surface area contributed by atoms with Crippen molar-refractivity contribution in [3.05, 3.63) is 23.9 Å². The van der Waals surface area contributed by atoms with E-state index in [1.54, 1.807) is 11.8 Å². The van der Waals surface area contributed by atoms with Crippen LogP contribution in [0.3, 0.4) is 0 Å². The van der Waals surface area contributed by atoms with Gasteiger partial charge in [-0.15, -0.1) is 0 Å². The Kier molecular flexibility index (Phi) is 5.51. The van der Waals surface area contributed by atoms with Crippen LogP contribution < -0.4 is 10.2 Å². The number of hydrogen-bond donors (Lipinski definition) is 1. The Morgan fingerprint density at radius 3 is 2.86 bits per heavy atom. The van der Waals surface area contributed by atoms with E-state index in [2.05, 4.69) is 24.1 Å². The summed E-state index contributed by atoms with van der Waals surface area (Å²) < 4.78 is 23.9. The summed E-state index contributed by atoms with van der Waals surface area (Å²) in [6.07, 6.45) is 3.14. The number of nitrogens with zero attached hydrogens (tertiary/aromatic N) is 2. The Balaban J connectivity index is 2.20. The molecule has 0 amide bonds. The summed E-state index contributed by atoms with van der Waals surface area (Å²) in [6.45, 7) is 5.79. The third-order valence-corrected chi connectivity index (χ3v) is 6.30. The second kappa shape index (κ2) is 6.98. The smallest absolute Gasteiger partial charge is 0.169 e. The molecule has 1 aliphatic heterocycles. The molecule has 2 heterocycles. The summed E-state index contributed by atoms with van der Waals surface area (Å²) in [6, 6.07) is 4.20. The quantitative estimate of drug-likeness (QED) is 0.887. The fraction of sp³-hybridized carbons (Fsp3) is 0.643. The highest BCUT2D eigenvalue weighted by Gasteiger charge is 2.31. The van der Waals surface area contributed by atoms with E-state index in [0.29, 0.717) is 5.75 Å². The van der Waals surface area contributed by atoms with Gasteiger partial charge in [0.2, 0.25) is 0 Å². The van der Waals surface area contributed by atoms with Crippen molar-refractivity contribution < 1.29 is 8.42 Å². The molecule has 5 nitrogen and oxygen atoms in total. The zero-order chi connectivity index (χ0) is 15.5. The van der Waals surface area contributed by atoms with Crippen molar-refractivity contribution in [2.45, 2.75) is 25.3 Å². The molecule has 0 radical (unpaired) electrons. The van der Waals surface area contributed by atoms with Crippen LogP contribution >= 0.6 is 11.8 Å². The van der Waals surface area contributed by atoms with E-state index in [-0.39, 0.29) is 6.04 Å². The van der Waals surface area contributed by atoms with E-state index in [9.17, 15) is 8.42 Å². The van der Waals surface area contributed by atoms with E-state index >= 15 is 0 Å². The van der Waals surface area contributed by atoms with Gasteiger partial charge in [-0.2, -0.15) is 11.8 Å². The van der Waals surface area contributed by atoms with Gasteiger partial charge < -0.3 is 10.2 Å². The standard InChI is InChI=1S/C14H23N3O2S2/c1-4-15-11(2)12-5-6-13(16-9-12)17-7-8-20-10-14(17)21(3,18)19/h5-6,9,11,14-15H,4,7-8,10H2,1-3H3. The lowest BCUT2D eigenvalue weighted by molar-refractivity contribution is 0.582. The number of pyridine rings is 1. The molecule has 2 unspecified atom stereocenters. The molecule has 1 aromatic rings. The number of sulfone groups is 1. The number of rotatable bonds is 5. The first kappa shape index (κ1) is 16.6. The minimum atomic E-state index is -3.11. The van der Waals surface area contributed by atoms with Crippen molar-refractivity contribution in [1.29, 1.82) is 0 Å². The van der Waals surface area contributed by atoms with Gasteiger partial charge in [0, 0.05) is 36.5 Å². The van der Waals surface area contributed by atoms with Crippen LogP contribution in [-0.2, 0) is 9.84 Å². The summed E-state index contributed by atoms with van der Waals surface area (Å²) >= 11 is 1.68. The molecule has 0 saturated carbocycles. The lowest BCUT2D eigenvalue weighted by Gasteiger charge is -2.35. The van der Waals surface area contributed by atoms with Crippen LogP contribution in [0.1, 0.15) is 25.5 Å². The number of thioether (sulfide) groups is 1. The zero-order valence-electron chi connectivity index (χ0n) is 12.7. The number of aromatic nitrogens is 1. The fourth-order valence-electron chi connectivity index (χ4n) is 2.45. The van der Waals surface area contributed by atoms with Crippen molar-refractivity contribution in [2.75, 3.05) is 35.8 Å². The van der Waals surface area contributed by atoms with Crippen molar-refractivity contribution in [1.82, 2.24) is 10.3 Å². The maximum absolute atomic E-state index is 11.9. The van der Waals surface area contributed by atoms with Gasteiger partial charge in [0.1, 0.15) is 11.2 Å². The molecule has 1 N–H and O–H groups in total. The third kappa shape index (κ3) is 4.11. The lowest BCUT2D eigenvalue weighted by atomic mass is 10.1. The van der Waals surface area contributed by atoms with Crippen LogP contribution in [0.15, 0.2) is 18.3 Å². The monoisotopic (exact) mass is 329 g/mol. The van der Waals surface area contributed by atoms with Crippen LogP contribution in [0.25, 0.3) is 0 Å². The van der Waals surface area contributed by atoms with Crippen molar-refractivity contribution in [3.8, 4) is 0 Å².